The molecule has 0 aromatic heterocycles. The molecule has 0 aliphatic carbocycles. The van der Waals surface area contributed by atoms with E-state index in [9.17, 15) is 28.8 Å². The van der Waals surface area contributed by atoms with Gasteiger partial charge in [-0.2, -0.15) is 0 Å². The van der Waals surface area contributed by atoms with Crippen molar-refractivity contribution in [2.75, 3.05) is 55.4 Å². The smallest absolute Gasteiger partial charge is 0.246 e. The first-order valence-corrected chi connectivity index (χ1v) is 21.7. The van der Waals surface area contributed by atoms with Crippen LogP contribution in [0.15, 0.2) is 35.3 Å². The van der Waals surface area contributed by atoms with E-state index in [1.807, 2.05) is 99.6 Å². The highest BCUT2D eigenvalue weighted by Crippen LogP contribution is 2.25. The number of guanidine groups is 1. The molecule has 6 N–H and O–H groups in total. The number of benzene rings is 1. The Kier molecular flexibility index (Phi) is 22.5. The molecule has 6 atom stereocenters. The van der Waals surface area contributed by atoms with Crippen molar-refractivity contribution in [2.45, 2.75) is 125 Å². The van der Waals surface area contributed by atoms with Crippen LogP contribution >= 0.6 is 0 Å². The lowest BCUT2D eigenvalue weighted by Crippen LogP contribution is -2.63. The molecule has 16 nitrogen and oxygen atoms in total. The molecule has 0 fully saturated rings. The van der Waals surface area contributed by atoms with E-state index in [1.165, 1.54) is 24.5 Å². The molecular formula is C45H80N10O6. The first-order valence-electron chi connectivity index (χ1n) is 21.7. The van der Waals surface area contributed by atoms with Crippen LogP contribution in [-0.2, 0) is 35.2 Å². The molecule has 16 heteroatoms. The van der Waals surface area contributed by atoms with E-state index in [2.05, 4.69) is 15.6 Å². The van der Waals surface area contributed by atoms with Crippen molar-refractivity contribution in [3.8, 4) is 0 Å². The number of nitrogens with zero attached hydrogens (tertiary/aromatic N) is 6. The lowest BCUT2D eigenvalue weighted by molar-refractivity contribution is -0.158. The molecule has 0 radical (unpaired) electrons. The Labute approximate surface area is 366 Å². The molecule has 1 aromatic rings. The summed E-state index contributed by atoms with van der Waals surface area (Å²) in [6.45, 7) is 19.4. The number of aliphatic imine (C=N–C) groups is 1. The predicted molar refractivity (Wildman–Crippen MR) is 243 cm³/mol. The Balaban J connectivity index is 3.51. The van der Waals surface area contributed by atoms with Crippen molar-refractivity contribution < 1.29 is 28.8 Å². The minimum absolute atomic E-state index is 0.00584. The minimum atomic E-state index is -1.00. The summed E-state index contributed by atoms with van der Waals surface area (Å²) in [6.07, 6.45) is 1.53. The number of nitrogens with one attached hydrogen (secondary N) is 2. The topological polar surface area (TPSA) is 207 Å². The summed E-state index contributed by atoms with van der Waals surface area (Å²) in [5.74, 6) is -3.66. The van der Waals surface area contributed by atoms with Crippen molar-refractivity contribution in [2.24, 2.45) is 46.0 Å². The number of rotatable bonds is 24. The van der Waals surface area contributed by atoms with E-state index >= 15 is 0 Å². The Morgan fingerprint density at radius 3 is 1.28 bits per heavy atom. The van der Waals surface area contributed by atoms with E-state index in [0.29, 0.717) is 25.9 Å². The van der Waals surface area contributed by atoms with Crippen LogP contribution in [0.25, 0.3) is 0 Å². The second-order valence-electron chi connectivity index (χ2n) is 18.0. The largest absolute Gasteiger partial charge is 0.370 e. The fraction of sp³-hybridized carbons (Fsp3) is 0.711. The minimum Gasteiger partial charge on any atom is -0.370 e. The van der Waals surface area contributed by atoms with Crippen molar-refractivity contribution in [1.29, 1.82) is 0 Å². The van der Waals surface area contributed by atoms with Crippen LogP contribution in [0.3, 0.4) is 0 Å². The number of carbonyl (C=O) groups is 6. The maximum atomic E-state index is 14.7. The summed E-state index contributed by atoms with van der Waals surface area (Å²) >= 11 is 0. The summed E-state index contributed by atoms with van der Waals surface area (Å²) in [6, 6.07) is 4.22. The third-order valence-corrected chi connectivity index (χ3v) is 11.4. The Morgan fingerprint density at radius 1 is 0.557 bits per heavy atom. The molecule has 0 heterocycles. The number of unbranched alkanes of at least 4 members (excludes halogenated alkanes) is 1. The number of likely N-dealkylation sites (N-methyl/N-ethyl adjacent to an activating group) is 6. The third kappa shape index (κ3) is 15.0. The number of carbonyl (C=O) groups excluding carboxylic acids is 6. The van der Waals surface area contributed by atoms with Crippen LogP contribution in [0.1, 0.15) is 87.6 Å². The maximum Gasteiger partial charge on any atom is 0.246 e. The van der Waals surface area contributed by atoms with Gasteiger partial charge in [0.2, 0.25) is 35.4 Å². The second-order valence-corrected chi connectivity index (χ2v) is 18.0. The summed E-state index contributed by atoms with van der Waals surface area (Å²) in [5.41, 5.74) is 11.7. The van der Waals surface area contributed by atoms with Crippen LogP contribution in [-0.4, -0.2) is 158 Å². The van der Waals surface area contributed by atoms with Gasteiger partial charge in [-0.1, -0.05) is 99.6 Å². The molecule has 0 bridgehead atoms. The number of nitrogens with two attached hydrogens (primary N) is 2. The fourth-order valence-corrected chi connectivity index (χ4v) is 8.11. The average molecular weight is 857 g/mol. The quantitative estimate of drug-likeness (QED) is 0.0684. The van der Waals surface area contributed by atoms with Crippen molar-refractivity contribution in [3.63, 3.8) is 0 Å². The SMILES string of the molecule is CN[C@H](C(=O)N(C)[C@H](C(=O)N(C)[C@H](C(=O)N(C)[C@H](C(=O)N(C)[C@H](C(=O)N(C)[C@@H](Cc1ccccc1)C(=O)NCCCCN=C(N)N)C(C)C)C(C)C)C(C)C)C(C)C)C(C)C. The van der Waals surface area contributed by atoms with Gasteiger partial charge in [-0.05, 0) is 55.0 Å². The molecule has 0 saturated heterocycles. The molecule has 61 heavy (non-hydrogen) atoms. The summed E-state index contributed by atoms with van der Waals surface area (Å²) in [5, 5.41) is 6.02. The van der Waals surface area contributed by atoms with Crippen LogP contribution in [0.2, 0.25) is 0 Å². The van der Waals surface area contributed by atoms with Gasteiger partial charge in [0.15, 0.2) is 5.96 Å². The Morgan fingerprint density at radius 2 is 0.934 bits per heavy atom. The molecular weight excluding hydrogens is 777 g/mol. The highest BCUT2D eigenvalue weighted by atomic mass is 16.2. The van der Waals surface area contributed by atoms with Crippen LogP contribution in [0.4, 0.5) is 0 Å². The van der Waals surface area contributed by atoms with E-state index in [4.69, 9.17) is 11.5 Å². The first-order chi connectivity index (χ1) is 28.3. The number of amides is 6. The number of hydrogen-bond acceptors (Lipinski definition) is 8. The Hall–Kier alpha value is -4.73. The lowest BCUT2D eigenvalue weighted by atomic mass is 9.93. The van der Waals surface area contributed by atoms with Crippen LogP contribution < -0.4 is 22.1 Å². The molecule has 0 aliphatic heterocycles. The molecule has 6 amide bonds. The van der Waals surface area contributed by atoms with E-state index in [-0.39, 0.29) is 59.7 Å². The molecule has 0 unspecified atom stereocenters. The van der Waals surface area contributed by atoms with Crippen LogP contribution in [0, 0.1) is 29.6 Å². The third-order valence-electron chi connectivity index (χ3n) is 11.4. The normalized spacial score (nSPS) is 14.5. The van der Waals surface area contributed by atoms with Gasteiger partial charge in [0.05, 0.1) is 6.04 Å². The highest BCUT2D eigenvalue weighted by Gasteiger charge is 2.44. The second kappa shape index (κ2) is 25.3. The monoisotopic (exact) mass is 857 g/mol. The zero-order valence-electron chi connectivity index (χ0n) is 40.1. The van der Waals surface area contributed by atoms with E-state index in [1.54, 1.807) is 42.3 Å². The number of hydrogen-bond donors (Lipinski definition) is 4. The molecule has 0 aliphatic rings. The molecule has 1 aromatic carbocycles. The fourth-order valence-electron chi connectivity index (χ4n) is 8.11. The van der Waals surface area contributed by atoms with Gasteiger partial charge in [-0.3, -0.25) is 33.8 Å². The highest BCUT2D eigenvalue weighted by molar-refractivity contribution is 5.97. The summed E-state index contributed by atoms with van der Waals surface area (Å²) in [4.78, 5) is 96.7. The average Bonchev–Trinajstić information content (AvgIpc) is 3.17. The van der Waals surface area contributed by atoms with E-state index < -0.39 is 54.0 Å². The summed E-state index contributed by atoms with van der Waals surface area (Å²) in [7, 11) is 9.59. The zero-order chi connectivity index (χ0) is 47.0. The molecule has 1 rings (SSSR count). The maximum absolute atomic E-state index is 14.7. The molecule has 346 valence electrons. The van der Waals surface area contributed by atoms with Crippen molar-refractivity contribution in [3.05, 3.63) is 35.9 Å². The van der Waals surface area contributed by atoms with Gasteiger partial charge in [-0.25, -0.2) is 0 Å². The lowest BCUT2D eigenvalue weighted by Gasteiger charge is -2.42. The standard InChI is InChI=1S/C45H80N10O6/c1-27(2)34(48-11)40(57)52(13)36(29(5)6)42(59)54(15)38(31(9)10)44(61)55(16)37(30(7)8)43(60)53(14)35(28(3)4)41(58)51(12)33(26-32-22-18-17-19-23-32)39(56)49-24-20-21-25-50-45(46)47/h17-19,22-23,27-31,33-38,48H,20-21,24-26H2,1-16H3,(H,49,56)(H4,46,47,50)/t33-,34-,35-,36-,37-,38-/m0/s1. The predicted octanol–water partition coefficient (Wildman–Crippen LogP) is 2.40. The van der Waals surface area contributed by atoms with Gasteiger partial charge < -0.3 is 46.6 Å². The van der Waals surface area contributed by atoms with E-state index in [0.717, 1.165) is 5.56 Å². The van der Waals surface area contributed by atoms with Gasteiger partial charge in [-0.15, -0.1) is 0 Å². The van der Waals surface area contributed by atoms with Gasteiger partial charge in [0, 0.05) is 54.7 Å². The molecule has 0 saturated carbocycles. The van der Waals surface area contributed by atoms with Gasteiger partial charge in [0.25, 0.3) is 0 Å². The first kappa shape index (κ1) is 54.3. The van der Waals surface area contributed by atoms with Crippen molar-refractivity contribution >= 4 is 41.4 Å². The summed E-state index contributed by atoms with van der Waals surface area (Å²) < 4.78 is 0. The van der Waals surface area contributed by atoms with Gasteiger partial charge >= 0.3 is 0 Å². The van der Waals surface area contributed by atoms with Gasteiger partial charge in [0.1, 0.15) is 30.2 Å². The van der Waals surface area contributed by atoms with Crippen molar-refractivity contribution in [1.82, 2.24) is 35.1 Å². The Bertz CT molecular complexity index is 1610. The van der Waals surface area contributed by atoms with Crippen LogP contribution in [0.5, 0.6) is 0 Å². The molecule has 0 spiro atoms. The zero-order valence-corrected chi connectivity index (χ0v) is 40.1.